The number of amides is 1. The first-order valence-corrected chi connectivity index (χ1v) is 5.04. The van der Waals surface area contributed by atoms with E-state index in [1.54, 1.807) is 6.92 Å². The number of hydrogen-bond acceptors (Lipinski definition) is 2. The summed E-state index contributed by atoms with van der Waals surface area (Å²) in [7, 11) is 0. The molecule has 0 unspecified atom stereocenters. The number of carbonyl (C=O) groups is 1. The quantitative estimate of drug-likeness (QED) is 0.436. The summed E-state index contributed by atoms with van der Waals surface area (Å²) >= 11 is 5.76. The van der Waals surface area contributed by atoms with Crippen LogP contribution >= 0.6 is 11.6 Å². The van der Waals surface area contributed by atoms with Gasteiger partial charge < -0.3 is 0 Å². The number of carbonyl (C=O) groups excluding carboxylic acids is 1. The van der Waals surface area contributed by atoms with Crippen molar-refractivity contribution in [1.82, 2.24) is 5.43 Å². The monoisotopic (exact) mass is 244 g/mol. The third kappa shape index (κ3) is 6.14. The van der Waals surface area contributed by atoms with E-state index in [2.05, 4.69) is 23.8 Å². The Hall–Kier alpha value is -1.42. The van der Waals surface area contributed by atoms with Crippen molar-refractivity contribution in [2.24, 2.45) is 5.10 Å². The predicted octanol–water partition coefficient (Wildman–Crippen LogP) is 3.05. The van der Waals surface area contributed by atoms with Crippen molar-refractivity contribution >= 4 is 24.2 Å². The molecule has 0 aliphatic heterocycles. The highest BCUT2D eigenvalue weighted by Gasteiger charge is 2.06. The lowest BCUT2D eigenvalue weighted by atomic mass is 10.2. The summed E-state index contributed by atoms with van der Waals surface area (Å²) < 4.78 is 13.0. The second kappa shape index (κ2) is 7.82. The van der Waals surface area contributed by atoms with Crippen molar-refractivity contribution in [1.29, 1.82) is 0 Å². The maximum Gasteiger partial charge on any atom is 0.244 e. The van der Waals surface area contributed by atoms with E-state index in [0.29, 0.717) is 12.0 Å². The molecule has 88 valence electrons. The Kier molecular flexibility index (Phi) is 7.12. The van der Waals surface area contributed by atoms with Gasteiger partial charge in [0.25, 0.3) is 0 Å². The largest absolute Gasteiger partial charge is 0.273 e. The van der Waals surface area contributed by atoms with Crippen LogP contribution in [0.15, 0.2) is 40.3 Å². The predicted molar refractivity (Wildman–Crippen MR) is 64.9 cm³/mol. The molecular weight excluding hydrogens is 231 g/mol. The molecule has 0 heterocycles. The summed E-state index contributed by atoms with van der Waals surface area (Å²) in [6, 6.07) is 0. The maximum atomic E-state index is 13.0. The molecule has 0 saturated heterocycles. The Morgan fingerprint density at radius 2 is 2.25 bits per heavy atom. The molecule has 3 nitrogen and oxygen atoms in total. The minimum atomic E-state index is -0.448. The second-order valence-electron chi connectivity index (χ2n) is 2.96. The average Bonchev–Trinajstić information content (AvgIpc) is 2.17. The summed E-state index contributed by atoms with van der Waals surface area (Å²) in [5.41, 5.74) is 2.45. The number of hydrazone groups is 1. The molecule has 0 radical (unpaired) electrons. The van der Waals surface area contributed by atoms with E-state index in [4.69, 9.17) is 11.6 Å². The van der Waals surface area contributed by atoms with Crippen molar-refractivity contribution in [3.63, 3.8) is 0 Å². The zero-order chi connectivity index (χ0) is 12.6. The van der Waals surface area contributed by atoms with Gasteiger partial charge in [0.15, 0.2) is 0 Å². The molecule has 0 aromatic heterocycles. The fourth-order valence-electron chi connectivity index (χ4n) is 0.883. The minimum Gasteiger partial charge on any atom is -0.273 e. The Balaban J connectivity index is 4.44. The van der Waals surface area contributed by atoms with Crippen molar-refractivity contribution < 1.29 is 9.18 Å². The van der Waals surface area contributed by atoms with Crippen molar-refractivity contribution in [2.75, 3.05) is 0 Å². The van der Waals surface area contributed by atoms with Crippen LogP contribution in [0, 0.1) is 0 Å². The lowest BCUT2D eigenvalue weighted by Crippen LogP contribution is -2.16. The Morgan fingerprint density at radius 1 is 1.62 bits per heavy atom. The molecule has 0 bridgehead atoms. The summed E-state index contributed by atoms with van der Waals surface area (Å²) in [5, 5.41) is 3.31. The van der Waals surface area contributed by atoms with Gasteiger partial charge in [-0.1, -0.05) is 25.1 Å². The molecule has 0 aromatic carbocycles. The van der Waals surface area contributed by atoms with Crippen LogP contribution in [0.5, 0.6) is 0 Å². The SMILES string of the molecule is C=NNC(=O)CC(=C)/C(Cl)=C\C(F)=C/CC. The summed E-state index contributed by atoms with van der Waals surface area (Å²) in [4.78, 5) is 11.1. The molecule has 0 aromatic rings. The topological polar surface area (TPSA) is 41.5 Å². The molecule has 16 heavy (non-hydrogen) atoms. The number of allylic oxidation sites excluding steroid dienone is 4. The van der Waals surface area contributed by atoms with Crippen LogP contribution in [0.1, 0.15) is 19.8 Å². The number of rotatable bonds is 6. The third-order valence-electron chi connectivity index (χ3n) is 1.58. The molecular formula is C11H14ClFN2O. The zero-order valence-electron chi connectivity index (χ0n) is 9.09. The van der Waals surface area contributed by atoms with E-state index < -0.39 is 11.7 Å². The smallest absolute Gasteiger partial charge is 0.244 e. The van der Waals surface area contributed by atoms with Crippen molar-refractivity contribution in [2.45, 2.75) is 19.8 Å². The van der Waals surface area contributed by atoms with E-state index in [-0.39, 0.29) is 11.5 Å². The first kappa shape index (κ1) is 14.6. The van der Waals surface area contributed by atoms with E-state index in [9.17, 15) is 9.18 Å². The molecule has 1 N–H and O–H groups in total. The van der Waals surface area contributed by atoms with Crippen LogP contribution < -0.4 is 5.43 Å². The standard InChI is InChI=1S/C11H14ClFN2O/c1-4-5-9(13)7-10(12)8(2)6-11(16)15-14-3/h5,7H,2-4,6H2,1H3,(H,15,16)/b9-5+,10-7+. The van der Waals surface area contributed by atoms with Gasteiger partial charge in [-0.3, -0.25) is 4.79 Å². The summed E-state index contributed by atoms with van der Waals surface area (Å²) in [5.74, 6) is -0.845. The number of nitrogens with one attached hydrogen (secondary N) is 1. The molecule has 5 heteroatoms. The normalized spacial score (nSPS) is 12.2. The summed E-state index contributed by atoms with van der Waals surface area (Å²) in [6.45, 7) is 8.48. The molecule has 0 atom stereocenters. The molecule has 0 saturated carbocycles. The van der Waals surface area contributed by atoms with Gasteiger partial charge in [-0.2, -0.15) is 5.10 Å². The van der Waals surface area contributed by atoms with Crippen molar-refractivity contribution in [3.05, 3.63) is 35.2 Å². The fraction of sp³-hybridized carbons (Fsp3) is 0.273. The number of nitrogens with zero attached hydrogens (tertiary/aromatic N) is 1. The van der Waals surface area contributed by atoms with Gasteiger partial charge in [0, 0.05) is 11.7 Å². The van der Waals surface area contributed by atoms with Gasteiger partial charge in [0.1, 0.15) is 5.83 Å². The van der Waals surface area contributed by atoms with E-state index in [0.717, 1.165) is 6.08 Å². The van der Waals surface area contributed by atoms with Crippen LogP contribution in [0.2, 0.25) is 0 Å². The first-order chi connectivity index (χ1) is 7.51. The lowest BCUT2D eigenvalue weighted by molar-refractivity contribution is -0.120. The minimum absolute atomic E-state index is 0.0479. The highest BCUT2D eigenvalue weighted by atomic mass is 35.5. The van der Waals surface area contributed by atoms with Gasteiger partial charge in [0.05, 0.1) is 6.42 Å². The average molecular weight is 245 g/mol. The van der Waals surface area contributed by atoms with Gasteiger partial charge in [-0.25, -0.2) is 9.82 Å². The van der Waals surface area contributed by atoms with Gasteiger partial charge in [-0.05, 0) is 24.1 Å². The third-order valence-corrected chi connectivity index (χ3v) is 1.96. The molecule has 0 spiro atoms. The van der Waals surface area contributed by atoms with E-state index >= 15 is 0 Å². The van der Waals surface area contributed by atoms with Gasteiger partial charge in [-0.15, -0.1) is 0 Å². The van der Waals surface area contributed by atoms with Crippen LogP contribution in [-0.4, -0.2) is 12.6 Å². The Bertz CT molecular complexity index is 348. The van der Waals surface area contributed by atoms with E-state index in [1.165, 1.54) is 6.08 Å². The van der Waals surface area contributed by atoms with Crippen LogP contribution in [-0.2, 0) is 4.79 Å². The van der Waals surface area contributed by atoms with Gasteiger partial charge in [0.2, 0.25) is 5.91 Å². The molecule has 0 aliphatic carbocycles. The summed E-state index contributed by atoms with van der Waals surface area (Å²) in [6.07, 6.45) is 3.02. The first-order valence-electron chi connectivity index (χ1n) is 4.66. The fourth-order valence-corrected chi connectivity index (χ4v) is 1.05. The van der Waals surface area contributed by atoms with Crippen molar-refractivity contribution in [3.8, 4) is 0 Å². The van der Waals surface area contributed by atoms with E-state index in [1.807, 2.05) is 0 Å². The Morgan fingerprint density at radius 3 is 2.75 bits per heavy atom. The van der Waals surface area contributed by atoms with Gasteiger partial charge >= 0.3 is 0 Å². The highest BCUT2D eigenvalue weighted by Crippen LogP contribution is 2.19. The number of hydrogen-bond donors (Lipinski definition) is 1. The Labute approximate surface area is 99.4 Å². The zero-order valence-corrected chi connectivity index (χ0v) is 9.85. The highest BCUT2D eigenvalue weighted by molar-refractivity contribution is 6.32. The lowest BCUT2D eigenvalue weighted by Gasteiger charge is -2.02. The molecule has 0 aliphatic rings. The molecule has 0 fully saturated rings. The van der Waals surface area contributed by atoms with Crippen LogP contribution in [0.3, 0.4) is 0 Å². The molecule has 1 amide bonds. The molecule has 0 rings (SSSR count). The van der Waals surface area contributed by atoms with Crippen LogP contribution in [0.4, 0.5) is 4.39 Å². The second-order valence-corrected chi connectivity index (χ2v) is 3.37. The van der Waals surface area contributed by atoms with Crippen LogP contribution in [0.25, 0.3) is 0 Å². The maximum absolute atomic E-state index is 13.0. The number of halogens is 2.